The van der Waals surface area contributed by atoms with E-state index in [9.17, 15) is 0 Å². The lowest BCUT2D eigenvalue weighted by Gasteiger charge is -2.35. The van der Waals surface area contributed by atoms with Crippen LogP contribution in [0, 0.1) is 6.92 Å². The van der Waals surface area contributed by atoms with Gasteiger partial charge in [-0.15, -0.1) is 0 Å². The van der Waals surface area contributed by atoms with E-state index in [1.165, 1.54) is 24.8 Å². The lowest BCUT2D eigenvalue weighted by atomic mass is 9.83. The summed E-state index contributed by atoms with van der Waals surface area (Å²) in [6.07, 6.45) is 7.77. The normalized spacial score (nSPS) is 17.7. The fourth-order valence-corrected chi connectivity index (χ4v) is 3.17. The van der Waals surface area contributed by atoms with Gasteiger partial charge in [-0.3, -0.25) is 0 Å². The Morgan fingerprint density at radius 1 is 1.14 bits per heavy atom. The van der Waals surface area contributed by atoms with Crippen LogP contribution in [0.4, 0.5) is 5.82 Å². The molecule has 0 aliphatic heterocycles. The second kappa shape index (κ2) is 7.21. The van der Waals surface area contributed by atoms with Crippen LogP contribution in [0.5, 0.6) is 0 Å². The lowest BCUT2D eigenvalue weighted by molar-refractivity contribution is -0.0515. The number of hydrogen-bond donors (Lipinski definition) is 1. The number of ether oxygens (including phenoxy) is 1. The first-order valence-electron chi connectivity index (χ1n) is 8.34. The van der Waals surface area contributed by atoms with Gasteiger partial charge >= 0.3 is 0 Å². The van der Waals surface area contributed by atoms with E-state index >= 15 is 0 Å². The third-order valence-electron chi connectivity index (χ3n) is 4.58. The van der Waals surface area contributed by atoms with Crippen LogP contribution in [0.3, 0.4) is 0 Å². The van der Waals surface area contributed by atoms with Crippen LogP contribution in [0.25, 0.3) is 0 Å². The molecule has 0 aromatic carbocycles. The number of aryl methyl sites for hydroxylation is 1. The molecular formula is C17H29N3O. The van der Waals surface area contributed by atoms with E-state index < -0.39 is 0 Å². The van der Waals surface area contributed by atoms with Gasteiger partial charge in [0.25, 0.3) is 0 Å². The molecule has 0 spiro atoms. The van der Waals surface area contributed by atoms with Gasteiger partial charge in [0.15, 0.2) is 5.82 Å². The van der Waals surface area contributed by atoms with Crippen molar-refractivity contribution in [2.24, 2.45) is 0 Å². The molecule has 1 aromatic rings. The molecule has 21 heavy (non-hydrogen) atoms. The monoisotopic (exact) mass is 291 g/mol. The second-order valence-electron chi connectivity index (χ2n) is 6.01. The molecule has 1 heterocycles. The molecule has 0 saturated heterocycles. The van der Waals surface area contributed by atoms with E-state index in [1.54, 1.807) is 7.11 Å². The first-order valence-corrected chi connectivity index (χ1v) is 8.34. The highest BCUT2D eigenvalue weighted by atomic mass is 16.5. The minimum Gasteiger partial charge on any atom is -0.370 e. The van der Waals surface area contributed by atoms with Crippen LogP contribution in [0.1, 0.15) is 69.5 Å². The van der Waals surface area contributed by atoms with Gasteiger partial charge in [-0.25, -0.2) is 9.97 Å². The number of hydrogen-bond acceptors (Lipinski definition) is 4. The molecule has 0 amide bonds. The smallest absolute Gasteiger partial charge is 0.162 e. The van der Waals surface area contributed by atoms with E-state index in [0.29, 0.717) is 0 Å². The van der Waals surface area contributed by atoms with E-state index in [1.807, 2.05) is 0 Å². The van der Waals surface area contributed by atoms with Gasteiger partial charge in [0, 0.05) is 24.9 Å². The number of nitrogens with one attached hydrogen (secondary N) is 1. The maximum absolute atomic E-state index is 5.91. The van der Waals surface area contributed by atoms with Gasteiger partial charge in [-0.05, 0) is 32.6 Å². The van der Waals surface area contributed by atoms with E-state index in [4.69, 9.17) is 14.7 Å². The second-order valence-corrected chi connectivity index (χ2v) is 6.01. The summed E-state index contributed by atoms with van der Waals surface area (Å²) in [5.41, 5.74) is 2.04. The average molecular weight is 291 g/mol. The zero-order valence-electron chi connectivity index (χ0n) is 14.0. The minimum atomic E-state index is -0.279. The molecule has 1 saturated carbocycles. The third-order valence-corrected chi connectivity index (χ3v) is 4.58. The van der Waals surface area contributed by atoms with Crippen molar-refractivity contribution in [3.63, 3.8) is 0 Å². The van der Waals surface area contributed by atoms with Crippen molar-refractivity contribution in [2.75, 3.05) is 19.0 Å². The maximum Gasteiger partial charge on any atom is 0.162 e. The summed E-state index contributed by atoms with van der Waals surface area (Å²) in [6.45, 7) is 7.38. The van der Waals surface area contributed by atoms with Crippen molar-refractivity contribution in [1.29, 1.82) is 0 Å². The van der Waals surface area contributed by atoms with E-state index in [0.717, 1.165) is 49.6 Å². The van der Waals surface area contributed by atoms with Crippen molar-refractivity contribution in [3.05, 3.63) is 17.1 Å². The third kappa shape index (κ3) is 3.37. The predicted molar refractivity (Wildman–Crippen MR) is 86.7 cm³/mol. The summed E-state index contributed by atoms with van der Waals surface area (Å²) >= 11 is 0. The highest BCUT2D eigenvalue weighted by Crippen LogP contribution is 2.39. The fourth-order valence-electron chi connectivity index (χ4n) is 3.17. The topological polar surface area (TPSA) is 47.0 Å². The van der Waals surface area contributed by atoms with Crippen molar-refractivity contribution >= 4 is 5.82 Å². The summed E-state index contributed by atoms with van der Waals surface area (Å²) in [4.78, 5) is 9.69. The van der Waals surface area contributed by atoms with Gasteiger partial charge in [0.2, 0.25) is 0 Å². The highest BCUT2D eigenvalue weighted by molar-refractivity contribution is 5.46. The summed E-state index contributed by atoms with van der Waals surface area (Å²) in [5, 5.41) is 3.45. The van der Waals surface area contributed by atoms with Gasteiger partial charge in [-0.1, -0.05) is 33.1 Å². The Morgan fingerprint density at radius 3 is 2.43 bits per heavy atom. The Bertz CT molecular complexity index is 467. The van der Waals surface area contributed by atoms with Gasteiger partial charge in [-0.2, -0.15) is 0 Å². The molecular weight excluding hydrogens is 262 g/mol. The molecule has 2 rings (SSSR count). The van der Waals surface area contributed by atoms with E-state index in [2.05, 4.69) is 26.1 Å². The molecule has 0 bridgehead atoms. The molecule has 1 aromatic heterocycles. The van der Waals surface area contributed by atoms with Crippen LogP contribution in [-0.4, -0.2) is 23.6 Å². The highest BCUT2D eigenvalue weighted by Gasteiger charge is 2.37. The average Bonchev–Trinajstić information content (AvgIpc) is 2.54. The molecule has 1 fully saturated rings. The van der Waals surface area contributed by atoms with Crippen LogP contribution < -0.4 is 5.32 Å². The van der Waals surface area contributed by atoms with Crippen molar-refractivity contribution in [2.45, 2.75) is 71.3 Å². The van der Waals surface area contributed by atoms with Gasteiger partial charge in [0.05, 0.1) is 0 Å². The quantitative estimate of drug-likeness (QED) is 0.861. The fraction of sp³-hybridized carbons (Fsp3) is 0.765. The molecule has 118 valence electrons. The van der Waals surface area contributed by atoms with Crippen molar-refractivity contribution in [1.82, 2.24) is 9.97 Å². The lowest BCUT2D eigenvalue weighted by Crippen LogP contribution is -2.34. The van der Waals surface area contributed by atoms with E-state index in [-0.39, 0.29) is 5.60 Å². The zero-order chi connectivity index (χ0) is 15.3. The van der Waals surface area contributed by atoms with Gasteiger partial charge < -0.3 is 10.1 Å². The zero-order valence-corrected chi connectivity index (χ0v) is 14.0. The standard InChI is InChI=1S/C17H29N3O/c1-5-12-18-15-13(3)14(6-2)19-16(20-15)17(21-4)10-8-7-9-11-17/h5-12H2,1-4H3,(H,18,19,20). The van der Waals surface area contributed by atoms with Crippen LogP contribution in [0.2, 0.25) is 0 Å². The van der Waals surface area contributed by atoms with Crippen molar-refractivity contribution < 1.29 is 4.74 Å². The SMILES string of the molecule is CCCNc1nc(C2(OC)CCCCC2)nc(CC)c1C. The molecule has 4 nitrogen and oxygen atoms in total. The summed E-state index contributed by atoms with van der Waals surface area (Å²) in [6, 6.07) is 0. The Labute approximate surface area is 128 Å². The molecule has 1 aliphatic rings. The summed E-state index contributed by atoms with van der Waals surface area (Å²) < 4.78 is 5.91. The first-order chi connectivity index (χ1) is 10.2. The first kappa shape index (κ1) is 16.2. The number of aromatic nitrogens is 2. The predicted octanol–water partition coefficient (Wildman–Crippen LogP) is 3.98. The Morgan fingerprint density at radius 2 is 1.86 bits per heavy atom. The molecule has 0 atom stereocenters. The Hall–Kier alpha value is -1.16. The summed E-state index contributed by atoms with van der Waals surface area (Å²) in [5.74, 6) is 1.87. The molecule has 1 N–H and O–H groups in total. The summed E-state index contributed by atoms with van der Waals surface area (Å²) in [7, 11) is 1.80. The molecule has 1 aliphatic carbocycles. The maximum atomic E-state index is 5.91. The van der Waals surface area contributed by atoms with Crippen LogP contribution in [-0.2, 0) is 16.8 Å². The van der Waals surface area contributed by atoms with Crippen LogP contribution >= 0.6 is 0 Å². The number of methoxy groups -OCH3 is 1. The minimum absolute atomic E-state index is 0.279. The van der Waals surface area contributed by atoms with Crippen molar-refractivity contribution in [3.8, 4) is 0 Å². The Balaban J connectivity index is 2.41. The molecule has 4 heteroatoms. The largest absolute Gasteiger partial charge is 0.370 e. The molecule has 0 unspecified atom stereocenters. The Kier molecular flexibility index (Phi) is 5.57. The van der Waals surface area contributed by atoms with Crippen LogP contribution in [0.15, 0.2) is 0 Å². The number of rotatable bonds is 6. The number of nitrogens with zero attached hydrogens (tertiary/aromatic N) is 2. The molecule has 0 radical (unpaired) electrons. The number of anilines is 1. The van der Waals surface area contributed by atoms with Gasteiger partial charge in [0.1, 0.15) is 11.4 Å².